The summed E-state index contributed by atoms with van der Waals surface area (Å²) in [6.07, 6.45) is 1.08. The summed E-state index contributed by atoms with van der Waals surface area (Å²) >= 11 is 6.97. The number of hydrazone groups is 1. The van der Waals surface area contributed by atoms with E-state index in [0.717, 1.165) is 12.3 Å². The Balaban J connectivity index is 2.18. The van der Waals surface area contributed by atoms with Gasteiger partial charge in [-0.15, -0.1) is 11.3 Å². The number of nitrogens with one attached hydrogen (secondary N) is 1. The van der Waals surface area contributed by atoms with Gasteiger partial charge in [0, 0.05) is 16.7 Å². The van der Waals surface area contributed by atoms with E-state index in [-0.39, 0.29) is 10.6 Å². The molecule has 0 bridgehead atoms. The Morgan fingerprint density at radius 3 is 2.90 bits per heavy atom. The van der Waals surface area contributed by atoms with Crippen molar-refractivity contribution in [3.05, 3.63) is 55.2 Å². The van der Waals surface area contributed by atoms with Crippen LogP contribution in [0.4, 0.5) is 5.69 Å². The lowest BCUT2D eigenvalue weighted by Gasteiger charge is -2.01. The van der Waals surface area contributed by atoms with Crippen LogP contribution in [0.1, 0.15) is 15.2 Å². The minimum atomic E-state index is -0.761. The van der Waals surface area contributed by atoms with Gasteiger partial charge in [-0.05, 0) is 17.5 Å². The van der Waals surface area contributed by atoms with Gasteiger partial charge in [0.2, 0.25) is 5.75 Å². The number of carbonyl (C=O) groups is 1. The van der Waals surface area contributed by atoms with Crippen molar-refractivity contribution in [2.75, 3.05) is 0 Å². The van der Waals surface area contributed by atoms with Crippen molar-refractivity contribution in [3.63, 3.8) is 0 Å². The summed E-state index contributed by atoms with van der Waals surface area (Å²) in [7, 11) is 0. The molecule has 0 fully saturated rings. The summed E-state index contributed by atoms with van der Waals surface area (Å²) in [6, 6.07) is 5.66. The number of amides is 1. The van der Waals surface area contributed by atoms with E-state index in [4.69, 9.17) is 11.6 Å². The summed E-state index contributed by atoms with van der Waals surface area (Å²) in [6.45, 7) is 0. The summed E-state index contributed by atoms with van der Waals surface area (Å²) < 4.78 is 0. The zero-order valence-electron chi connectivity index (χ0n) is 10.3. The largest absolute Gasteiger partial charge is 0.502 e. The molecule has 9 heteroatoms. The molecule has 1 heterocycles. The molecule has 0 atom stereocenters. The highest BCUT2D eigenvalue weighted by molar-refractivity contribution is 7.12. The second-order valence-electron chi connectivity index (χ2n) is 3.80. The maximum Gasteiger partial charge on any atom is 0.312 e. The molecule has 0 saturated carbocycles. The molecule has 2 rings (SSSR count). The molecule has 0 spiro atoms. The maximum absolute atomic E-state index is 11.6. The van der Waals surface area contributed by atoms with Gasteiger partial charge in [0.1, 0.15) is 0 Å². The van der Waals surface area contributed by atoms with Crippen LogP contribution in [0.25, 0.3) is 0 Å². The molecule has 1 aromatic carbocycles. The van der Waals surface area contributed by atoms with Crippen molar-refractivity contribution < 1.29 is 14.8 Å². The van der Waals surface area contributed by atoms with E-state index in [1.165, 1.54) is 17.4 Å². The zero-order valence-corrected chi connectivity index (χ0v) is 11.9. The fraction of sp³-hybridized carbons (Fsp3) is 0. The van der Waals surface area contributed by atoms with E-state index in [1.54, 1.807) is 17.5 Å². The zero-order chi connectivity index (χ0) is 15.4. The van der Waals surface area contributed by atoms with E-state index in [2.05, 4.69) is 10.5 Å². The lowest BCUT2D eigenvalue weighted by Crippen LogP contribution is -2.16. The predicted octanol–water partition coefficient (Wildman–Crippen LogP) is 2.78. The molecular formula is C12H8ClN3O4S. The van der Waals surface area contributed by atoms with Gasteiger partial charge in [0.15, 0.2) is 0 Å². The van der Waals surface area contributed by atoms with Crippen molar-refractivity contribution in [2.24, 2.45) is 5.10 Å². The third-order valence-electron chi connectivity index (χ3n) is 2.40. The standard InChI is InChI=1S/C12H8ClN3O4S/c13-8-4-7(11(17)9(5-8)16(19)20)6-14-15-12(18)10-2-1-3-21-10/h1-6,17H,(H,15,18)/b14-6+. The van der Waals surface area contributed by atoms with E-state index >= 15 is 0 Å². The van der Waals surface area contributed by atoms with E-state index in [0.29, 0.717) is 4.88 Å². The van der Waals surface area contributed by atoms with Gasteiger partial charge in [-0.1, -0.05) is 17.7 Å². The highest BCUT2D eigenvalue weighted by Crippen LogP contribution is 2.32. The summed E-state index contributed by atoms with van der Waals surface area (Å²) in [5.74, 6) is -0.990. The Labute approximate surface area is 127 Å². The minimum absolute atomic E-state index is 0.0284. The van der Waals surface area contributed by atoms with Crippen LogP contribution in [-0.4, -0.2) is 22.2 Å². The number of phenolic OH excluding ortho intramolecular Hbond substituents is 1. The number of phenols is 1. The molecular weight excluding hydrogens is 318 g/mol. The molecule has 2 aromatic rings. The fourth-order valence-electron chi connectivity index (χ4n) is 1.47. The van der Waals surface area contributed by atoms with Crippen LogP contribution in [0.5, 0.6) is 5.75 Å². The first kappa shape index (κ1) is 14.9. The molecule has 21 heavy (non-hydrogen) atoms. The minimum Gasteiger partial charge on any atom is -0.502 e. The number of thiophene rings is 1. The van der Waals surface area contributed by atoms with E-state index in [1.807, 2.05) is 0 Å². The SMILES string of the molecule is O=C(N/N=C/c1cc(Cl)cc([N+](=O)[O-])c1O)c1cccs1. The van der Waals surface area contributed by atoms with Gasteiger partial charge in [0.05, 0.1) is 16.0 Å². The van der Waals surface area contributed by atoms with Crippen LogP contribution >= 0.6 is 22.9 Å². The van der Waals surface area contributed by atoms with Crippen LogP contribution in [0.15, 0.2) is 34.7 Å². The Morgan fingerprint density at radius 2 is 2.29 bits per heavy atom. The predicted molar refractivity (Wildman–Crippen MR) is 79.2 cm³/mol. The van der Waals surface area contributed by atoms with Crippen LogP contribution in [0, 0.1) is 10.1 Å². The van der Waals surface area contributed by atoms with Crippen molar-refractivity contribution in [1.82, 2.24) is 5.43 Å². The summed E-state index contributed by atoms with van der Waals surface area (Å²) in [5.41, 5.74) is 1.74. The second-order valence-corrected chi connectivity index (χ2v) is 5.18. The topological polar surface area (TPSA) is 105 Å². The molecule has 0 aliphatic rings. The van der Waals surface area contributed by atoms with Gasteiger partial charge in [0.25, 0.3) is 5.91 Å². The number of nitro benzene ring substituents is 1. The number of rotatable bonds is 4. The average molecular weight is 326 g/mol. The number of aromatic hydroxyl groups is 1. The molecule has 0 radical (unpaired) electrons. The number of benzene rings is 1. The highest BCUT2D eigenvalue weighted by Gasteiger charge is 2.17. The average Bonchev–Trinajstić information content (AvgIpc) is 2.95. The molecule has 0 aliphatic heterocycles. The fourth-order valence-corrected chi connectivity index (χ4v) is 2.30. The van der Waals surface area contributed by atoms with Crippen molar-refractivity contribution in [3.8, 4) is 5.75 Å². The summed E-state index contributed by atoms with van der Waals surface area (Å²) in [5, 5.41) is 25.9. The molecule has 0 aliphatic carbocycles. The Kier molecular flexibility index (Phi) is 4.51. The lowest BCUT2D eigenvalue weighted by molar-refractivity contribution is -0.385. The lowest BCUT2D eigenvalue weighted by atomic mass is 10.2. The Morgan fingerprint density at radius 1 is 1.52 bits per heavy atom. The number of nitro groups is 1. The van der Waals surface area contributed by atoms with Gasteiger partial charge < -0.3 is 5.11 Å². The number of halogens is 1. The molecule has 2 N–H and O–H groups in total. The maximum atomic E-state index is 11.6. The second kappa shape index (κ2) is 6.33. The monoisotopic (exact) mass is 325 g/mol. The third kappa shape index (κ3) is 3.56. The first-order valence-electron chi connectivity index (χ1n) is 5.53. The van der Waals surface area contributed by atoms with Gasteiger partial charge in [-0.25, -0.2) is 5.43 Å². The van der Waals surface area contributed by atoms with Crippen molar-refractivity contribution in [2.45, 2.75) is 0 Å². The van der Waals surface area contributed by atoms with Gasteiger partial charge in [-0.2, -0.15) is 5.10 Å². The molecule has 0 saturated heterocycles. The summed E-state index contributed by atoms with van der Waals surface area (Å²) in [4.78, 5) is 22.1. The molecule has 108 valence electrons. The first-order valence-corrected chi connectivity index (χ1v) is 6.78. The Hall–Kier alpha value is -2.45. The molecule has 1 aromatic heterocycles. The Bertz CT molecular complexity index is 716. The van der Waals surface area contributed by atoms with Crippen LogP contribution in [0.2, 0.25) is 5.02 Å². The molecule has 0 unspecified atom stereocenters. The quantitative estimate of drug-likeness (QED) is 0.512. The van der Waals surface area contributed by atoms with Crippen LogP contribution in [0.3, 0.4) is 0 Å². The van der Waals surface area contributed by atoms with Crippen molar-refractivity contribution in [1.29, 1.82) is 0 Å². The van der Waals surface area contributed by atoms with E-state index in [9.17, 15) is 20.0 Å². The number of hydrogen-bond acceptors (Lipinski definition) is 6. The smallest absolute Gasteiger partial charge is 0.312 e. The normalized spacial score (nSPS) is 10.7. The first-order chi connectivity index (χ1) is 9.99. The number of hydrogen-bond donors (Lipinski definition) is 2. The van der Waals surface area contributed by atoms with Gasteiger partial charge in [-0.3, -0.25) is 14.9 Å². The highest BCUT2D eigenvalue weighted by atomic mass is 35.5. The number of carbonyl (C=O) groups excluding carboxylic acids is 1. The van der Waals surface area contributed by atoms with E-state index < -0.39 is 22.3 Å². The van der Waals surface area contributed by atoms with Crippen molar-refractivity contribution >= 4 is 40.7 Å². The molecule has 1 amide bonds. The molecule has 7 nitrogen and oxygen atoms in total. The van der Waals surface area contributed by atoms with Crippen LogP contribution in [-0.2, 0) is 0 Å². The van der Waals surface area contributed by atoms with Gasteiger partial charge >= 0.3 is 5.69 Å². The third-order valence-corrected chi connectivity index (χ3v) is 3.48. The number of nitrogens with zero attached hydrogens (tertiary/aromatic N) is 2. The van der Waals surface area contributed by atoms with Crippen LogP contribution < -0.4 is 5.43 Å².